The molecule has 1 aromatic heterocycles. The van der Waals surface area contributed by atoms with Crippen LogP contribution in [0.3, 0.4) is 0 Å². The molecule has 0 bridgehead atoms. The SMILES string of the molecule is CCOC(=O)C1=C(c2ccccc2)N=c2s/c(=C\c3cc(I)cc(I)c3O)c(=O)n2[C@@H]1c1ccc(OC)c(OC)c1. The highest BCUT2D eigenvalue weighted by molar-refractivity contribution is 14.1. The average Bonchev–Trinajstić information content (AvgIpc) is 3.29. The highest BCUT2D eigenvalue weighted by atomic mass is 127. The van der Waals surface area contributed by atoms with Crippen molar-refractivity contribution in [3.05, 3.63) is 110 Å². The molecule has 0 spiro atoms. The van der Waals surface area contributed by atoms with E-state index in [2.05, 4.69) is 45.2 Å². The number of nitrogens with zero attached hydrogens (tertiary/aromatic N) is 2. The summed E-state index contributed by atoms with van der Waals surface area (Å²) in [5.41, 5.74) is 2.15. The van der Waals surface area contributed by atoms with Crippen molar-refractivity contribution in [2.24, 2.45) is 4.99 Å². The molecule has 0 radical (unpaired) electrons. The number of hydrogen-bond acceptors (Lipinski definition) is 8. The van der Waals surface area contributed by atoms with Gasteiger partial charge in [-0.05, 0) is 88.0 Å². The van der Waals surface area contributed by atoms with Crippen molar-refractivity contribution in [3.63, 3.8) is 0 Å². The van der Waals surface area contributed by atoms with Gasteiger partial charge in [-0.15, -0.1) is 0 Å². The van der Waals surface area contributed by atoms with Crippen molar-refractivity contribution < 1.29 is 24.1 Å². The molecule has 1 atom stereocenters. The van der Waals surface area contributed by atoms with Gasteiger partial charge in [0.05, 0.1) is 46.2 Å². The molecule has 0 amide bonds. The van der Waals surface area contributed by atoms with Crippen molar-refractivity contribution in [1.29, 1.82) is 0 Å². The molecule has 4 aromatic rings. The van der Waals surface area contributed by atoms with Crippen LogP contribution in [-0.2, 0) is 9.53 Å². The van der Waals surface area contributed by atoms with Gasteiger partial charge in [0.2, 0.25) is 0 Å². The monoisotopic (exact) mass is 794 g/mol. The van der Waals surface area contributed by atoms with E-state index in [1.165, 1.54) is 23.0 Å². The zero-order valence-electron chi connectivity index (χ0n) is 22.2. The van der Waals surface area contributed by atoms with Gasteiger partial charge in [-0.1, -0.05) is 47.7 Å². The molecule has 2 heterocycles. The van der Waals surface area contributed by atoms with E-state index >= 15 is 0 Å². The summed E-state index contributed by atoms with van der Waals surface area (Å²) in [5.74, 6) is 0.476. The fraction of sp³-hybridized carbons (Fsp3) is 0.167. The lowest BCUT2D eigenvalue weighted by Crippen LogP contribution is -2.40. The van der Waals surface area contributed by atoms with Gasteiger partial charge >= 0.3 is 5.97 Å². The fourth-order valence-corrected chi connectivity index (χ4v) is 7.50. The number of aromatic nitrogens is 1. The zero-order chi connectivity index (χ0) is 29.3. The first kappa shape index (κ1) is 29.3. The second-order valence-electron chi connectivity index (χ2n) is 8.87. The topological polar surface area (TPSA) is 99.4 Å². The van der Waals surface area contributed by atoms with Gasteiger partial charge in [-0.25, -0.2) is 9.79 Å². The van der Waals surface area contributed by atoms with E-state index in [0.717, 1.165) is 3.57 Å². The standard InChI is InChI=1S/C30H24I2N2O6S/c1-4-40-29(37)24-25(16-8-6-5-7-9-16)33-30-34(26(24)17-10-11-21(38-2)22(13-17)39-3)28(36)23(41-30)14-18-12-19(31)15-20(32)27(18)35/h5-15,26,35H,4H2,1-3H3/b23-14-/t26-/m1/s1. The number of aromatic hydroxyl groups is 1. The molecule has 1 N–H and O–H groups in total. The van der Waals surface area contributed by atoms with Crippen LogP contribution in [0.4, 0.5) is 0 Å². The number of methoxy groups -OCH3 is 2. The van der Waals surface area contributed by atoms with Crippen LogP contribution in [0.2, 0.25) is 0 Å². The fourth-order valence-electron chi connectivity index (χ4n) is 4.62. The van der Waals surface area contributed by atoms with E-state index < -0.39 is 12.0 Å². The molecule has 11 heteroatoms. The number of carbonyl (C=O) groups excluding carboxylic acids is 1. The normalized spacial score (nSPS) is 14.9. The first-order valence-electron chi connectivity index (χ1n) is 12.5. The lowest BCUT2D eigenvalue weighted by molar-refractivity contribution is -0.138. The van der Waals surface area contributed by atoms with Gasteiger partial charge in [0.25, 0.3) is 5.56 Å². The highest BCUT2D eigenvalue weighted by Crippen LogP contribution is 2.38. The van der Waals surface area contributed by atoms with Gasteiger partial charge in [0, 0.05) is 14.7 Å². The quantitative estimate of drug-likeness (QED) is 0.212. The van der Waals surface area contributed by atoms with Crippen LogP contribution >= 0.6 is 56.5 Å². The number of fused-ring (bicyclic) bond motifs is 1. The Labute approximate surface area is 266 Å². The maximum atomic E-state index is 14.1. The maximum Gasteiger partial charge on any atom is 0.338 e. The minimum absolute atomic E-state index is 0.0884. The molecular formula is C30H24I2N2O6S. The summed E-state index contributed by atoms with van der Waals surface area (Å²) >= 11 is 5.42. The van der Waals surface area contributed by atoms with Crippen molar-refractivity contribution in [1.82, 2.24) is 4.57 Å². The van der Waals surface area contributed by atoms with Gasteiger partial charge in [0.15, 0.2) is 16.3 Å². The molecule has 3 aromatic carbocycles. The van der Waals surface area contributed by atoms with Gasteiger partial charge < -0.3 is 19.3 Å². The molecule has 1 aliphatic heterocycles. The van der Waals surface area contributed by atoms with E-state index in [0.29, 0.717) is 46.8 Å². The molecule has 0 saturated carbocycles. The summed E-state index contributed by atoms with van der Waals surface area (Å²) in [6.07, 6.45) is 1.66. The summed E-state index contributed by atoms with van der Waals surface area (Å²) in [6, 6.07) is 17.4. The van der Waals surface area contributed by atoms with Crippen LogP contribution in [-0.4, -0.2) is 36.5 Å². The maximum absolute atomic E-state index is 14.1. The highest BCUT2D eigenvalue weighted by Gasteiger charge is 2.35. The predicted molar refractivity (Wildman–Crippen MR) is 174 cm³/mol. The van der Waals surface area contributed by atoms with Crippen LogP contribution < -0.4 is 24.4 Å². The summed E-state index contributed by atoms with van der Waals surface area (Å²) in [5, 5.41) is 10.7. The number of benzene rings is 3. The van der Waals surface area contributed by atoms with Crippen LogP contribution in [0.1, 0.15) is 29.7 Å². The van der Waals surface area contributed by atoms with E-state index in [-0.39, 0.29) is 23.5 Å². The summed E-state index contributed by atoms with van der Waals surface area (Å²) < 4.78 is 20.0. The third-order valence-electron chi connectivity index (χ3n) is 6.44. The number of phenols is 1. The Hall–Kier alpha value is -3.17. The van der Waals surface area contributed by atoms with Gasteiger partial charge in [0.1, 0.15) is 5.75 Å². The van der Waals surface area contributed by atoms with Gasteiger partial charge in [-0.2, -0.15) is 0 Å². The van der Waals surface area contributed by atoms with Crippen molar-refractivity contribution >= 4 is 74.3 Å². The minimum Gasteiger partial charge on any atom is -0.506 e. The number of hydrogen-bond donors (Lipinski definition) is 1. The Morgan fingerprint density at radius 2 is 1.80 bits per heavy atom. The number of halogens is 2. The van der Waals surface area contributed by atoms with Crippen LogP contribution in [0.5, 0.6) is 17.2 Å². The van der Waals surface area contributed by atoms with E-state index in [1.807, 2.05) is 42.5 Å². The number of carbonyl (C=O) groups is 1. The lowest BCUT2D eigenvalue weighted by Gasteiger charge is -2.26. The molecule has 0 fully saturated rings. The number of phenolic OH excluding ortho intramolecular Hbond substituents is 1. The van der Waals surface area contributed by atoms with E-state index in [1.54, 1.807) is 38.3 Å². The number of thiazole rings is 1. The minimum atomic E-state index is -0.868. The lowest BCUT2D eigenvalue weighted by atomic mass is 9.93. The molecule has 0 aliphatic carbocycles. The largest absolute Gasteiger partial charge is 0.506 e. The average molecular weight is 794 g/mol. The molecule has 1 aliphatic rings. The zero-order valence-corrected chi connectivity index (χ0v) is 27.3. The third kappa shape index (κ3) is 5.66. The van der Waals surface area contributed by atoms with Crippen molar-refractivity contribution in [2.45, 2.75) is 13.0 Å². The van der Waals surface area contributed by atoms with E-state index in [4.69, 9.17) is 19.2 Å². The Morgan fingerprint density at radius 1 is 1.07 bits per heavy atom. The first-order valence-corrected chi connectivity index (χ1v) is 15.4. The van der Waals surface area contributed by atoms with Crippen molar-refractivity contribution in [3.8, 4) is 17.2 Å². The summed E-state index contributed by atoms with van der Waals surface area (Å²) in [7, 11) is 3.07. The van der Waals surface area contributed by atoms with Gasteiger partial charge in [-0.3, -0.25) is 9.36 Å². The molecule has 0 saturated heterocycles. The second-order valence-corrected chi connectivity index (χ2v) is 12.3. The molecule has 41 heavy (non-hydrogen) atoms. The second kappa shape index (κ2) is 12.4. The van der Waals surface area contributed by atoms with Crippen LogP contribution in [0.25, 0.3) is 11.8 Å². The Kier molecular flexibility index (Phi) is 8.85. The third-order valence-corrected chi connectivity index (χ3v) is 8.87. The van der Waals surface area contributed by atoms with E-state index in [9.17, 15) is 14.7 Å². The Morgan fingerprint density at radius 3 is 2.49 bits per heavy atom. The molecular weight excluding hydrogens is 770 g/mol. The smallest absolute Gasteiger partial charge is 0.338 e. The Bertz CT molecular complexity index is 1860. The number of rotatable bonds is 7. The summed E-state index contributed by atoms with van der Waals surface area (Å²) in [4.78, 5) is 33.0. The number of ether oxygens (including phenoxy) is 3. The molecule has 210 valence electrons. The number of esters is 1. The predicted octanol–water partition coefficient (Wildman–Crippen LogP) is 4.87. The molecule has 0 unspecified atom stereocenters. The van der Waals surface area contributed by atoms with Crippen molar-refractivity contribution in [2.75, 3.05) is 20.8 Å². The summed E-state index contributed by atoms with van der Waals surface area (Å²) in [6.45, 7) is 1.88. The molecule has 8 nitrogen and oxygen atoms in total. The van der Waals surface area contributed by atoms with Crippen LogP contribution in [0.15, 0.2) is 76.0 Å². The first-order chi connectivity index (χ1) is 19.8. The van der Waals surface area contributed by atoms with Crippen LogP contribution in [0, 0.1) is 7.14 Å². The Balaban J connectivity index is 1.86. The molecule has 5 rings (SSSR count).